The van der Waals surface area contributed by atoms with Crippen LogP contribution in [0.25, 0.3) is 0 Å². The summed E-state index contributed by atoms with van der Waals surface area (Å²) in [5.74, 6) is 0. The normalized spacial score (nSPS) is 15.4. The van der Waals surface area contributed by atoms with E-state index in [-0.39, 0.29) is 6.61 Å². The van der Waals surface area contributed by atoms with Crippen molar-refractivity contribution >= 4 is 0 Å². The van der Waals surface area contributed by atoms with Crippen LogP contribution in [0, 0.1) is 0 Å². The lowest BCUT2D eigenvalue weighted by molar-refractivity contribution is -0.0259. The summed E-state index contributed by atoms with van der Waals surface area (Å²) in [5.41, 5.74) is -0.815. The third-order valence-corrected chi connectivity index (χ3v) is 2.95. The Kier molecular flexibility index (Phi) is 8.20. The van der Waals surface area contributed by atoms with Crippen LogP contribution in [0.5, 0.6) is 0 Å². The zero-order valence-corrected chi connectivity index (χ0v) is 9.76. The van der Waals surface area contributed by atoms with Gasteiger partial charge in [-0.25, -0.2) is 0 Å². The van der Waals surface area contributed by atoms with Crippen molar-refractivity contribution in [3.8, 4) is 0 Å². The maximum Gasteiger partial charge on any atom is 0.0874 e. The van der Waals surface area contributed by atoms with Gasteiger partial charge in [-0.2, -0.15) is 0 Å². The van der Waals surface area contributed by atoms with Gasteiger partial charge in [-0.05, 0) is 12.8 Å². The first-order chi connectivity index (χ1) is 6.68. The quantitative estimate of drug-likeness (QED) is 0.564. The van der Waals surface area contributed by atoms with Gasteiger partial charge in [0.25, 0.3) is 0 Å². The SMILES string of the molecule is CCCCCCCCC(O)(CC)CO. The topological polar surface area (TPSA) is 40.5 Å². The monoisotopic (exact) mass is 202 g/mol. The molecule has 0 radical (unpaired) electrons. The highest BCUT2D eigenvalue weighted by Crippen LogP contribution is 2.18. The minimum Gasteiger partial charge on any atom is -0.393 e. The summed E-state index contributed by atoms with van der Waals surface area (Å²) < 4.78 is 0. The Balaban J connectivity index is 3.34. The summed E-state index contributed by atoms with van der Waals surface area (Å²) in [6.45, 7) is 4.04. The fourth-order valence-electron chi connectivity index (χ4n) is 1.60. The van der Waals surface area contributed by atoms with Crippen molar-refractivity contribution in [2.45, 2.75) is 70.8 Å². The lowest BCUT2D eigenvalue weighted by Gasteiger charge is -2.23. The zero-order valence-electron chi connectivity index (χ0n) is 9.76. The van der Waals surface area contributed by atoms with Crippen molar-refractivity contribution in [1.82, 2.24) is 0 Å². The molecule has 0 fully saturated rings. The summed E-state index contributed by atoms with van der Waals surface area (Å²) in [5, 5.41) is 18.8. The molecule has 0 aromatic carbocycles. The number of hydrogen-bond acceptors (Lipinski definition) is 2. The third-order valence-electron chi connectivity index (χ3n) is 2.95. The van der Waals surface area contributed by atoms with Crippen molar-refractivity contribution in [3.63, 3.8) is 0 Å². The average molecular weight is 202 g/mol. The lowest BCUT2D eigenvalue weighted by atomic mass is 9.94. The summed E-state index contributed by atoms with van der Waals surface area (Å²) in [7, 11) is 0. The van der Waals surface area contributed by atoms with Gasteiger partial charge in [0, 0.05) is 0 Å². The number of hydrogen-bond donors (Lipinski definition) is 2. The minimum absolute atomic E-state index is 0.0987. The molecule has 0 aliphatic heterocycles. The molecule has 2 nitrogen and oxygen atoms in total. The van der Waals surface area contributed by atoms with Gasteiger partial charge in [-0.1, -0.05) is 52.4 Å². The zero-order chi connectivity index (χ0) is 10.9. The van der Waals surface area contributed by atoms with Gasteiger partial charge in [0.2, 0.25) is 0 Å². The van der Waals surface area contributed by atoms with Crippen LogP contribution in [0.15, 0.2) is 0 Å². The maximum absolute atomic E-state index is 9.78. The van der Waals surface area contributed by atoms with Crippen molar-refractivity contribution in [1.29, 1.82) is 0 Å². The fraction of sp³-hybridized carbons (Fsp3) is 1.00. The largest absolute Gasteiger partial charge is 0.393 e. The minimum atomic E-state index is -0.815. The number of aliphatic hydroxyl groups is 2. The Hall–Kier alpha value is -0.0800. The number of aliphatic hydroxyl groups excluding tert-OH is 1. The molecule has 0 aliphatic carbocycles. The summed E-state index contributed by atoms with van der Waals surface area (Å²) in [6, 6.07) is 0. The van der Waals surface area contributed by atoms with Gasteiger partial charge in [0.05, 0.1) is 12.2 Å². The average Bonchev–Trinajstić information content (AvgIpc) is 2.23. The van der Waals surface area contributed by atoms with Crippen molar-refractivity contribution in [2.75, 3.05) is 6.61 Å². The molecule has 0 amide bonds. The van der Waals surface area contributed by atoms with Gasteiger partial charge >= 0.3 is 0 Å². The highest BCUT2D eigenvalue weighted by atomic mass is 16.3. The first kappa shape index (κ1) is 13.9. The molecule has 0 saturated heterocycles. The van der Waals surface area contributed by atoms with E-state index in [1.807, 2.05) is 6.92 Å². The molecular formula is C12H26O2. The summed E-state index contributed by atoms with van der Waals surface area (Å²) >= 11 is 0. The van der Waals surface area contributed by atoms with Gasteiger partial charge in [0.15, 0.2) is 0 Å². The van der Waals surface area contributed by atoms with Crippen molar-refractivity contribution in [3.05, 3.63) is 0 Å². The molecule has 0 rings (SSSR count). The predicted octanol–water partition coefficient (Wildman–Crippen LogP) is 2.87. The highest BCUT2D eigenvalue weighted by Gasteiger charge is 2.22. The maximum atomic E-state index is 9.78. The third kappa shape index (κ3) is 6.39. The van der Waals surface area contributed by atoms with Gasteiger partial charge in [-0.3, -0.25) is 0 Å². The molecule has 14 heavy (non-hydrogen) atoms. The smallest absolute Gasteiger partial charge is 0.0874 e. The van der Waals surface area contributed by atoms with Crippen molar-refractivity contribution in [2.24, 2.45) is 0 Å². The molecule has 0 bridgehead atoms. The van der Waals surface area contributed by atoms with Crippen LogP contribution in [0.3, 0.4) is 0 Å². The fourth-order valence-corrected chi connectivity index (χ4v) is 1.60. The predicted molar refractivity (Wildman–Crippen MR) is 60.3 cm³/mol. The van der Waals surface area contributed by atoms with Gasteiger partial charge in [-0.15, -0.1) is 0 Å². The van der Waals surface area contributed by atoms with Crippen LogP contribution in [0.2, 0.25) is 0 Å². The Labute approximate surface area is 88.3 Å². The molecular weight excluding hydrogens is 176 g/mol. The molecule has 0 aromatic rings. The van der Waals surface area contributed by atoms with E-state index in [9.17, 15) is 5.11 Å². The van der Waals surface area contributed by atoms with E-state index < -0.39 is 5.60 Å². The molecule has 2 heteroatoms. The van der Waals surface area contributed by atoms with E-state index in [1.54, 1.807) is 0 Å². The number of unbranched alkanes of at least 4 members (excludes halogenated alkanes) is 5. The molecule has 1 unspecified atom stereocenters. The molecule has 0 aromatic heterocycles. The molecule has 0 aliphatic rings. The molecule has 86 valence electrons. The van der Waals surface area contributed by atoms with Crippen LogP contribution < -0.4 is 0 Å². The van der Waals surface area contributed by atoms with E-state index in [4.69, 9.17) is 5.11 Å². The van der Waals surface area contributed by atoms with E-state index in [1.165, 1.54) is 32.1 Å². The second kappa shape index (κ2) is 8.25. The number of rotatable bonds is 9. The van der Waals surface area contributed by atoms with Gasteiger partial charge in [0.1, 0.15) is 0 Å². The second-order valence-electron chi connectivity index (χ2n) is 4.25. The van der Waals surface area contributed by atoms with Crippen LogP contribution in [0.4, 0.5) is 0 Å². The van der Waals surface area contributed by atoms with E-state index in [0.717, 1.165) is 12.8 Å². The van der Waals surface area contributed by atoms with E-state index in [0.29, 0.717) is 6.42 Å². The van der Waals surface area contributed by atoms with E-state index in [2.05, 4.69) is 6.92 Å². The standard InChI is InChI=1S/C12H26O2/c1-3-5-6-7-8-9-10-12(14,4-2)11-13/h13-14H,3-11H2,1-2H3. The molecule has 0 saturated carbocycles. The van der Waals surface area contributed by atoms with Crippen LogP contribution in [-0.2, 0) is 0 Å². The Morgan fingerprint density at radius 3 is 2.00 bits per heavy atom. The Morgan fingerprint density at radius 1 is 0.929 bits per heavy atom. The lowest BCUT2D eigenvalue weighted by Crippen LogP contribution is -2.32. The first-order valence-corrected chi connectivity index (χ1v) is 6.01. The Bertz CT molecular complexity index is 119. The van der Waals surface area contributed by atoms with Gasteiger partial charge < -0.3 is 10.2 Å². The van der Waals surface area contributed by atoms with E-state index >= 15 is 0 Å². The molecule has 2 N–H and O–H groups in total. The molecule has 0 spiro atoms. The second-order valence-corrected chi connectivity index (χ2v) is 4.25. The first-order valence-electron chi connectivity index (χ1n) is 6.01. The van der Waals surface area contributed by atoms with Crippen LogP contribution in [0.1, 0.15) is 65.2 Å². The van der Waals surface area contributed by atoms with Crippen molar-refractivity contribution < 1.29 is 10.2 Å². The highest BCUT2D eigenvalue weighted by molar-refractivity contribution is 4.74. The summed E-state index contributed by atoms with van der Waals surface area (Å²) in [6.07, 6.45) is 8.77. The van der Waals surface area contributed by atoms with Crippen LogP contribution >= 0.6 is 0 Å². The Morgan fingerprint density at radius 2 is 1.50 bits per heavy atom. The molecule has 1 atom stereocenters. The van der Waals surface area contributed by atoms with Crippen LogP contribution in [-0.4, -0.2) is 22.4 Å². The molecule has 0 heterocycles. The summed E-state index contributed by atoms with van der Waals surface area (Å²) in [4.78, 5) is 0.